The first kappa shape index (κ1) is 23.2. The highest BCUT2D eigenvalue weighted by molar-refractivity contribution is 7.66. The first-order valence-corrected chi connectivity index (χ1v) is 11.5. The van der Waals surface area contributed by atoms with Gasteiger partial charge in [0.1, 0.15) is 18.7 Å². The summed E-state index contributed by atoms with van der Waals surface area (Å²) in [5, 5.41) is 9.92. The van der Waals surface area contributed by atoms with E-state index in [0.717, 1.165) is 10.9 Å². The second kappa shape index (κ2) is 8.36. The van der Waals surface area contributed by atoms with Crippen LogP contribution in [0.15, 0.2) is 11.1 Å². The maximum absolute atomic E-state index is 11.7. The van der Waals surface area contributed by atoms with Gasteiger partial charge in [0, 0.05) is 6.42 Å². The molecule has 0 spiro atoms. The molecule has 20 heteroatoms. The predicted molar refractivity (Wildman–Crippen MR) is 85.1 cm³/mol. The number of aliphatic hydroxyl groups is 1. The molecule has 5 unspecified atom stereocenters. The van der Waals surface area contributed by atoms with Gasteiger partial charge in [-0.3, -0.25) is 9.09 Å². The minimum absolute atomic E-state index is 0.169. The highest BCUT2D eigenvalue weighted by Crippen LogP contribution is 2.66. The van der Waals surface area contributed by atoms with Crippen molar-refractivity contribution in [2.24, 2.45) is 0 Å². The van der Waals surface area contributed by atoms with Crippen molar-refractivity contribution in [3.63, 3.8) is 0 Å². The number of ether oxygens (including phenoxy) is 1. The van der Waals surface area contributed by atoms with Crippen LogP contribution in [0.5, 0.6) is 0 Å². The second-order valence-electron chi connectivity index (χ2n) is 5.22. The average molecular weight is 468 g/mol. The van der Waals surface area contributed by atoms with Gasteiger partial charge in [-0.15, -0.1) is 0 Å². The molecular formula is C8H15N4O13P3. The molecule has 2 rings (SSSR count). The summed E-state index contributed by atoms with van der Waals surface area (Å²) < 4.78 is 51.0. The first-order valence-electron chi connectivity index (χ1n) is 7.00. The molecular weight excluding hydrogens is 453 g/mol. The topological polar surface area (TPSA) is 263 Å². The van der Waals surface area contributed by atoms with E-state index < -0.39 is 54.2 Å². The Bertz CT molecular complexity index is 915. The Balaban J connectivity index is 1.98. The maximum atomic E-state index is 11.7. The molecule has 0 aromatic carbocycles. The molecule has 160 valence electrons. The zero-order valence-corrected chi connectivity index (χ0v) is 16.2. The third-order valence-electron chi connectivity index (χ3n) is 3.08. The summed E-state index contributed by atoms with van der Waals surface area (Å²) >= 11 is 0. The number of nitrogen functional groups attached to an aromatic ring is 1. The van der Waals surface area contributed by atoms with Crippen molar-refractivity contribution in [2.45, 2.75) is 24.9 Å². The lowest BCUT2D eigenvalue weighted by atomic mass is 10.2. The predicted octanol–water partition coefficient (Wildman–Crippen LogP) is -1.79. The molecule has 2 heterocycles. The van der Waals surface area contributed by atoms with Crippen LogP contribution in [-0.2, 0) is 31.6 Å². The normalized spacial score (nSPS) is 27.2. The minimum Gasteiger partial charge on any atom is -0.390 e. The van der Waals surface area contributed by atoms with E-state index in [1.165, 1.54) is 0 Å². The zero-order chi connectivity index (χ0) is 21.3. The van der Waals surface area contributed by atoms with Crippen LogP contribution < -0.4 is 11.4 Å². The van der Waals surface area contributed by atoms with Gasteiger partial charge in [-0.1, -0.05) is 0 Å². The molecule has 0 radical (unpaired) electrons. The third-order valence-corrected chi connectivity index (χ3v) is 6.88. The van der Waals surface area contributed by atoms with Crippen LogP contribution in [0.2, 0.25) is 0 Å². The van der Waals surface area contributed by atoms with E-state index in [0.29, 0.717) is 0 Å². The van der Waals surface area contributed by atoms with Crippen molar-refractivity contribution in [2.75, 3.05) is 12.3 Å². The van der Waals surface area contributed by atoms with Crippen LogP contribution in [0.4, 0.5) is 5.95 Å². The molecule has 0 saturated carbocycles. The Morgan fingerprint density at radius 2 is 1.86 bits per heavy atom. The Morgan fingerprint density at radius 1 is 1.21 bits per heavy atom. The van der Waals surface area contributed by atoms with Crippen LogP contribution in [0.25, 0.3) is 0 Å². The van der Waals surface area contributed by atoms with Gasteiger partial charge in [0.25, 0.3) is 0 Å². The number of aliphatic hydroxyl groups excluding tert-OH is 1. The number of hydrogen-bond acceptors (Lipinski definition) is 12. The average Bonchev–Trinajstić information content (AvgIpc) is 2.82. The molecule has 1 aliphatic rings. The largest absolute Gasteiger partial charge is 0.490 e. The number of nitrogens with zero attached hydrogens (tertiary/aromatic N) is 3. The lowest BCUT2D eigenvalue weighted by Gasteiger charge is -2.19. The second-order valence-corrected chi connectivity index (χ2v) is 9.64. The van der Waals surface area contributed by atoms with E-state index >= 15 is 0 Å². The van der Waals surface area contributed by atoms with Crippen molar-refractivity contribution >= 4 is 29.4 Å². The SMILES string of the molecule is Nc1ncn(C2CC(O)C(COP(=O)(O)OP(=O)(O)OP(=O)(O)O)O2)c(=O)n1. The fraction of sp³-hybridized carbons (Fsp3) is 0.625. The van der Waals surface area contributed by atoms with Crippen LogP contribution in [0.3, 0.4) is 0 Å². The standard InChI is InChI=1S/C8H15N4O13P3/c9-7-10-3-12(8(14)11-7)6-1-4(13)5(23-6)2-22-27(18,19)25-28(20,21)24-26(15,16)17/h3-6,13H,1-2H2,(H,18,19)(H,20,21)(H2,9,11,14)(H2,15,16,17). The summed E-state index contributed by atoms with van der Waals surface area (Å²) in [5.41, 5.74) is 4.41. The highest BCUT2D eigenvalue weighted by atomic mass is 31.3. The van der Waals surface area contributed by atoms with E-state index in [9.17, 15) is 28.5 Å². The zero-order valence-electron chi connectivity index (χ0n) is 13.5. The molecule has 0 amide bonds. The lowest BCUT2D eigenvalue weighted by molar-refractivity contribution is -0.0452. The summed E-state index contributed by atoms with van der Waals surface area (Å²) in [4.78, 5) is 53.9. The molecule has 1 fully saturated rings. The van der Waals surface area contributed by atoms with Gasteiger partial charge in [-0.25, -0.2) is 23.5 Å². The number of nitrogens with two attached hydrogens (primary N) is 1. The van der Waals surface area contributed by atoms with Crippen LogP contribution in [0, 0.1) is 0 Å². The summed E-state index contributed by atoms with van der Waals surface area (Å²) in [6, 6.07) is 0. The fourth-order valence-electron chi connectivity index (χ4n) is 2.06. The number of phosphoric acid groups is 3. The Morgan fingerprint density at radius 3 is 2.43 bits per heavy atom. The molecule has 17 nitrogen and oxygen atoms in total. The summed E-state index contributed by atoms with van der Waals surface area (Å²) in [7, 11) is -16.5. The van der Waals surface area contributed by atoms with E-state index in [4.69, 9.17) is 25.2 Å². The third kappa shape index (κ3) is 6.77. The molecule has 0 aliphatic carbocycles. The molecule has 1 saturated heterocycles. The van der Waals surface area contributed by atoms with Gasteiger partial charge < -0.3 is 35.2 Å². The van der Waals surface area contributed by atoms with E-state index in [1.807, 2.05) is 0 Å². The monoisotopic (exact) mass is 468 g/mol. The first-order chi connectivity index (χ1) is 12.7. The quantitative estimate of drug-likeness (QED) is 0.230. The minimum atomic E-state index is -5.66. The van der Waals surface area contributed by atoms with E-state index in [1.54, 1.807) is 0 Å². The summed E-state index contributed by atoms with van der Waals surface area (Å²) in [6.45, 7) is -0.869. The van der Waals surface area contributed by atoms with Gasteiger partial charge >= 0.3 is 29.2 Å². The summed E-state index contributed by atoms with van der Waals surface area (Å²) in [6.07, 6.45) is -2.83. The molecule has 1 aromatic rings. The van der Waals surface area contributed by atoms with E-state index in [-0.39, 0.29) is 12.4 Å². The Labute approximate surface area is 155 Å². The smallest absolute Gasteiger partial charge is 0.390 e. The van der Waals surface area contributed by atoms with Crippen LogP contribution in [-0.4, -0.2) is 58.0 Å². The lowest BCUT2D eigenvalue weighted by Crippen LogP contribution is -2.29. The van der Waals surface area contributed by atoms with Crippen molar-refractivity contribution in [3.8, 4) is 0 Å². The van der Waals surface area contributed by atoms with Crippen molar-refractivity contribution in [1.82, 2.24) is 14.5 Å². The van der Waals surface area contributed by atoms with Gasteiger partial charge in [0.15, 0.2) is 0 Å². The number of hydrogen-bond donors (Lipinski definition) is 6. The van der Waals surface area contributed by atoms with Gasteiger partial charge in [0.05, 0.1) is 12.7 Å². The molecule has 28 heavy (non-hydrogen) atoms. The van der Waals surface area contributed by atoms with Gasteiger partial charge in [-0.05, 0) is 0 Å². The van der Waals surface area contributed by atoms with Crippen LogP contribution >= 0.6 is 23.5 Å². The van der Waals surface area contributed by atoms with Crippen molar-refractivity contribution < 1.29 is 56.3 Å². The van der Waals surface area contributed by atoms with Crippen molar-refractivity contribution in [1.29, 1.82) is 0 Å². The number of aromatic nitrogens is 3. The summed E-state index contributed by atoms with van der Waals surface area (Å²) in [5.74, 6) is -0.288. The molecule has 7 N–H and O–H groups in total. The van der Waals surface area contributed by atoms with Gasteiger partial charge in [0.2, 0.25) is 5.95 Å². The Kier molecular flexibility index (Phi) is 6.93. The van der Waals surface area contributed by atoms with Crippen LogP contribution in [0.1, 0.15) is 12.6 Å². The van der Waals surface area contributed by atoms with Gasteiger partial charge in [-0.2, -0.15) is 13.6 Å². The molecule has 5 atom stereocenters. The number of rotatable bonds is 8. The maximum Gasteiger partial charge on any atom is 0.490 e. The molecule has 1 aromatic heterocycles. The molecule has 0 bridgehead atoms. The van der Waals surface area contributed by atoms with E-state index in [2.05, 4.69) is 23.1 Å². The number of anilines is 1. The van der Waals surface area contributed by atoms with Crippen molar-refractivity contribution in [3.05, 3.63) is 16.8 Å². The fourth-order valence-corrected chi connectivity index (χ4v) is 5.09. The Hall–Kier alpha value is -1.06. The molecule has 1 aliphatic heterocycles. The highest BCUT2D eigenvalue weighted by Gasteiger charge is 2.42. The number of phosphoric ester groups is 1.